The highest BCUT2D eigenvalue weighted by atomic mass is 16.5. The van der Waals surface area contributed by atoms with Gasteiger partial charge in [-0.15, -0.1) is 0 Å². The van der Waals surface area contributed by atoms with Gasteiger partial charge < -0.3 is 14.5 Å². The monoisotopic (exact) mass is 298 g/mol. The van der Waals surface area contributed by atoms with E-state index in [9.17, 15) is 9.59 Å². The van der Waals surface area contributed by atoms with Crippen molar-refractivity contribution in [2.45, 2.75) is 12.8 Å². The number of rotatable bonds is 6. The fraction of sp³-hybridized carbons (Fsp3) is 0.188. The summed E-state index contributed by atoms with van der Waals surface area (Å²) in [5.74, 6) is -0.207. The van der Waals surface area contributed by atoms with E-state index >= 15 is 0 Å². The van der Waals surface area contributed by atoms with E-state index in [1.54, 1.807) is 36.4 Å². The van der Waals surface area contributed by atoms with Crippen LogP contribution >= 0.6 is 0 Å². The van der Waals surface area contributed by atoms with Gasteiger partial charge in [0.15, 0.2) is 6.61 Å². The van der Waals surface area contributed by atoms with Gasteiger partial charge in [-0.2, -0.15) is 5.26 Å². The molecule has 6 heteroatoms. The topological polar surface area (TPSA) is 92.3 Å². The number of benzene rings is 1. The lowest BCUT2D eigenvalue weighted by molar-refractivity contribution is -0.147. The Morgan fingerprint density at radius 2 is 2.00 bits per heavy atom. The number of aryl methyl sites for hydroxylation is 1. The van der Waals surface area contributed by atoms with E-state index in [1.165, 1.54) is 6.26 Å². The number of nitrogens with zero attached hydrogens (tertiary/aromatic N) is 1. The van der Waals surface area contributed by atoms with E-state index in [2.05, 4.69) is 5.32 Å². The zero-order chi connectivity index (χ0) is 15.8. The van der Waals surface area contributed by atoms with Gasteiger partial charge in [-0.1, -0.05) is 0 Å². The molecule has 112 valence electrons. The number of esters is 1. The molecule has 0 unspecified atom stereocenters. The third-order valence-electron chi connectivity index (χ3n) is 2.82. The number of carbonyl (C=O) groups is 2. The van der Waals surface area contributed by atoms with Crippen molar-refractivity contribution in [1.29, 1.82) is 5.26 Å². The fourth-order valence-corrected chi connectivity index (χ4v) is 1.72. The molecule has 0 saturated heterocycles. The Bertz CT molecular complexity index is 669. The summed E-state index contributed by atoms with van der Waals surface area (Å²) in [7, 11) is 0. The molecule has 0 spiro atoms. The molecule has 2 aromatic rings. The zero-order valence-electron chi connectivity index (χ0n) is 11.7. The lowest BCUT2D eigenvalue weighted by Crippen LogP contribution is -2.21. The van der Waals surface area contributed by atoms with Crippen molar-refractivity contribution in [2.75, 3.05) is 11.9 Å². The van der Waals surface area contributed by atoms with E-state index in [4.69, 9.17) is 14.4 Å². The summed E-state index contributed by atoms with van der Waals surface area (Å²) >= 11 is 0. The number of ether oxygens (including phenoxy) is 1. The first-order valence-electron chi connectivity index (χ1n) is 6.65. The molecule has 0 saturated carbocycles. The van der Waals surface area contributed by atoms with Crippen LogP contribution in [0.1, 0.15) is 17.7 Å². The molecule has 0 aliphatic carbocycles. The van der Waals surface area contributed by atoms with Crippen molar-refractivity contribution >= 4 is 17.6 Å². The maximum atomic E-state index is 11.6. The van der Waals surface area contributed by atoms with E-state index in [0.717, 1.165) is 0 Å². The number of hydrogen-bond acceptors (Lipinski definition) is 5. The molecule has 0 aliphatic heterocycles. The molecule has 0 radical (unpaired) electrons. The summed E-state index contributed by atoms with van der Waals surface area (Å²) < 4.78 is 9.97. The average Bonchev–Trinajstić information content (AvgIpc) is 3.05. The Labute approximate surface area is 127 Å². The van der Waals surface area contributed by atoms with Crippen LogP contribution in [0, 0.1) is 11.3 Å². The van der Waals surface area contributed by atoms with E-state index in [-0.39, 0.29) is 13.0 Å². The van der Waals surface area contributed by atoms with E-state index in [1.807, 2.05) is 6.07 Å². The Morgan fingerprint density at radius 3 is 2.64 bits per heavy atom. The summed E-state index contributed by atoms with van der Waals surface area (Å²) in [6.45, 7) is -0.350. The molecule has 1 aromatic heterocycles. The molecule has 22 heavy (non-hydrogen) atoms. The summed E-state index contributed by atoms with van der Waals surface area (Å²) in [6, 6.07) is 11.9. The van der Waals surface area contributed by atoms with Crippen molar-refractivity contribution in [1.82, 2.24) is 0 Å². The third kappa shape index (κ3) is 4.80. The highest BCUT2D eigenvalue weighted by Gasteiger charge is 2.09. The van der Waals surface area contributed by atoms with Gasteiger partial charge in [0.05, 0.1) is 24.3 Å². The van der Waals surface area contributed by atoms with Crippen LogP contribution in [0.5, 0.6) is 0 Å². The minimum atomic E-state index is -0.466. The van der Waals surface area contributed by atoms with Gasteiger partial charge in [-0.3, -0.25) is 9.59 Å². The molecule has 0 bridgehead atoms. The number of amides is 1. The highest BCUT2D eigenvalue weighted by Crippen LogP contribution is 2.09. The SMILES string of the molecule is N#Cc1ccc(NC(=O)COC(=O)CCc2ccco2)cc1. The highest BCUT2D eigenvalue weighted by molar-refractivity contribution is 5.92. The van der Waals surface area contributed by atoms with Crippen molar-refractivity contribution in [2.24, 2.45) is 0 Å². The number of carbonyl (C=O) groups excluding carboxylic acids is 2. The van der Waals surface area contributed by atoms with Gasteiger partial charge in [0.2, 0.25) is 0 Å². The Hall–Kier alpha value is -3.07. The lowest BCUT2D eigenvalue weighted by atomic mass is 10.2. The Balaban J connectivity index is 1.70. The molecule has 1 N–H and O–H groups in total. The number of hydrogen-bond donors (Lipinski definition) is 1. The predicted octanol–water partition coefficient (Wildman–Crippen LogP) is 2.27. The molecule has 0 fully saturated rings. The minimum absolute atomic E-state index is 0.150. The maximum absolute atomic E-state index is 11.6. The second kappa shape index (κ2) is 7.64. The summed E-state index contributed by atoms with van der Waals surface area (Å²) in [4.78, 5) is 23.1. The van der Waals surface area contributed by atoms with Crippen molar-refractivity contribution < 1.29 is 18.7 Å². The van der Waals surface area contributed by atoms with Gasteiger partial charge in [0.25, 0.3) is 5.91 Å². The molecule has 1 heterocycles. The number of nitriles is 1. The van der Waals surface area contributed by atoms with Crippen LogP contribution in [0.4, 0.5) is 5.69 Å². The quantitative estimate of drug-likeness (QED) is 0.826. The predicted molar refractivity (Wildman–Crippen MR) is 77.8 cm³/mol. The summed E-state index contributed by atoms with van der Waals surface area (Å²) in [5.41, 5.74) is 1.04. The molecule has 0 aliphatic rings. The molecule has 0 atom stereocenters. The first kappa shape index (κ1) is 15.3. The van der Waals surface area contributed by atoms with Gasteiger partial charge in [0.1, 0.15) is 5.76 Å². The standard InChI is InChI=1S/C16H14N2O4/c17-10-12-3-5-13(6-4-12)18-15(19)11-22-16(20)8-7-14-2-1-9-21-14/h1-6,9H,7-8,11H2,(H,18,19). The molecule has 1 amide bonds. The normalized spacial score (nSPS) is 9.77. The average molecular weight is 298 g/mol. The molecular weight excluding hydrogens is 284 g/mol. The van der Waals surface area contributed by atoms with Crippen molar-refractivity contribution in [3.63, 3.8) is 0 Å². The third-order valence-corrected chi connectivity index (χ3v) is 2.82. The van der Waals surface area contributed by atoms with Gasteiger partial charge >= 0.3 is 5.97 Å². The molecule has 6 nitrogen and oxygen atoms in total. The van der Waals surface area contributed by atoms with Crippen LogP contribution in [0.3, 0.4) is 0 Å². The zero-order valence-corrected chi connectivity index (χ0v) is 11.7. The molecule has 2 rings (SSSR count). The fourth-order valence-electron chi connectivity index (χ4n) is 1.72. The lowest BCUT2D eigenvalue weighted by Gasteiger charge is -2.06. The Morgan fingerprint density at radius 1 is 1.23 bits per heavy atom. The van der Waals surface area contributed by atoms with Crippen LogP contribution in [0.25, 0.3) is 0 Å². The minimum Gasteiger partial charge on any atom is -0.469 e. The van der Waals surface area contributed by atoms with Crippen LogP contribution < -0.4 is 5.32 Å². The van der Waals surface area contributed by atoms with Gasteiger partial charge in [-0.05, 0) is 36.4 Å². The number of furan rings is 1. The van der Waals surface area contributed by atoms with Gasteiger partial charge in [0, 0.05) is 12.1 Å². The van der Waals surface area contributed by atoms with Crippen LogP contribution in [-0.4, -0.2) is 18.5 Å². The Kier molecular flexibility index (Phi) is 5.32. The molecular formula is C16H14N2O4. The number of nitrogens with one attached hydrogen (secondary N) is 1. The first-order chi connectivity index (χ1) is 10.7. The summed E-state index contributed by atoms with van der Waals surface area (Å²) in [5, 5.41) is 11.2. The maximum Gasteiger partial charge on any atom is 0.306 e. The van der Waals surface area contributed by atoms with Gasteiger partial charge in [-0.25, -0.2) is 0 Å². The second-order valence-electron chi connectivity index (χ2n) is 4.48. The number of anilines is 1. The van der Waals surface area contributed by atoms with Crippen LogP contribution in [-0.2, 0) is 20.7 Å². The van der Waals surface area contributed by atoms with Crippen molar-refractivity contribution in [3.8, 4) is 6.07 Å². The summed E-state index contributed by atoms with van der Waals surface area (Å²) in [6.07, 6.45) is 2.12. The van der Waals surface area contributed by atoms with E-state index < -0.39 is 11.9 Å². The largest absolute Gasteiger partial charge is 0.469 e. The smallest absolute Gasteiger partial charge is 0.306 e. The first-order valence-corrected chi connectivity index (χ1v) is 6.65. The van der Waals surface area contributed by atoms with Crippen LogP contribution in [0.2, 0.25) is 0 Å². The molecule has 1 aromatic carbocycles. The second-order valence-corrected chi connectivity index (χ2v) is 4.48. The van der Waals surface area contributed by atoms with E-state index in [0.29, 0.717) is 23.4 Å². The van der Waals surface area contributed by atoms with Crippen molar-refractivity contribution in [3.05, 3.63) is 54.0 Å². The van der Waals surface area contributed by atoms with Crippen LogP contribution in [0.15, 0.2) is 47.1 Å².